The van der Waals surface area contributed by atoms with Crippen molar-refractivity contribution in [3.05, 3.63) is 12.0 Å². The van der Waals surface area contributed by atoms with Crippen LogP contribution in [-0.2, 0) is 10.0 Å². The highest BCUT2D eigenvalue weighted by molar-refractivity contribution is 7.89. The molecule has 1 rings (SSSR count). The van der Waals surface area contributed by atoms with Gasteiger partial charge >= 0.3 is 0 Å². The van der Waals surface area contributed by atoms with E-state index in [9.17, 15) is 8.42 Å². The van der Waals surface area contributed by atoms with E-state index >= 15 is 0 Å². The summed E-state index contributed by atoms with van der Waals surface area (Å²) in [7, 11) is -3.70. The zero-order valence-electron chi connectivity index (χ0n) is 10.6. The molecular formula is C10H18N4O2S2. The number of aromatic amines is 1. The van der Waals surface area contributed by atoms with Crippen molar-refractivity contribution in [2.75, 3.05) is 0 Å². The van der Waals surface area contributed by atoms with Gasteiger partial charge in [-0.05, 0) is 19.8 Å². The maximum atomic E-state index is 12.2. The second kappa shape index (κ2) is 5.33. The molecule has 0 fully saturated rings. The molecule has 18 heavy (non-hydrogen) atoms. The van der Waals surface area contributed by atoms with Gasteiger partial charge in [-0.3, -0.25) is 0 Å². The zero-order valence-corrected chi connectivity index (χ0v) is 12.3. The Hall–Kier alpha value is -0.990. The molecule has 0 spiro atoms. The SMILES string of the molecule is CCC(CC)(NS(=O)(=O)c1cnc(C)[nH]1)C(N)=S. The first-order chi connectivity index (χ1) is 8.27. The van der Waals surface area contributed by atoms with E-state index in [1.807, 2.05) is 13.8 Å². The van der Waals surface area contributed by atoms with Gasteiger partial charge in [0.25, 0.3) is 10.0 Å². The van der Waals surface area contributed by atoms with Crippen LogP contribution in [0.3, 0.4) is 0 Å². The second-order valence-electron chi connectivity index (χ2n) is 4.09. The first kappa shape index (κ1) is 15.1. The highest BCUT2D eigenvalue weighted by Gasteiger charge is 2.35. The summed E-state index contributed by atoms with van der Waals surface area (Å²) >= 11 is 4.98. The maximum Gasteiger partial charge on any atom is 0.258 e. The van der Waals surface area contributed by atoms with Gasteiger partial charge in [0.15, 0.2) is 5.03 Å². The molecule has 6 nitrogen and oxygen atoms in total. The summed E-state index contributed by atoms with van der Waals surface area (Å²) in [6.45, 7) is 5.35. The topological polar surface area (TPSA) is 101 Å². The summed E-state index contributed by atoms with van der Waals surface area (Å²) in [6, 6.07) is 0. The van der Waals surface area contributed by atoms with Gasteiger partial charge in [0, 0.05) is 0 Å². The lowest BCUT2D eigenvalue weighted by Crippen LogP contribution is -2.55. The van der Waals surface area contributed by atoms with E-state index < -0.39 is 15.6 Å². The van der Waals surface area contributed by atoms with Crippen LogP contribution in [0, 0.1) is 6.92 Å². The summed E-state index contributed by atoms with van der Waals surface area (Å²) in [6.07, 6.45) is 2.25. The van der Waals surface area contributed by atoms with Crippen LogP contribution in [0.1, 0.15) is 32.5 Å². The molecule has 0 saturated carbocycles. The quantitative estimate of drug-likeness (QED) is 0.674. The van der Waals surface area contributed by atoms with Crippen molar-refractivity contribution in [1.82, 2.24) is 14.7 Å². The summed E-state index contributed by atoms with van der Waals surface area (Å²) < 4.78 is 26.9. The van der Waals surface area contributed by atoms with Gasteiger partial charge in [0.1, 0.15) is 5.82 Å². The van der Waals surface area contributed by atoms with Crippen LogP contribution in [0.4, 0.5) is 0 Å². The Morgan fingerprint density at radius 1 is 1.56 bits per heavy atom. The van der Waals surface area contributed by atoms with Crippen molar-refractivity contribution in [2.45, 2.75) is 44.2 Å². The van der Waals surface area contributed by atoms with Crippen molar-refractivity contribution in [3.8, 4) is 0 Å². The molecule has 0 amide bonds. The van der Waals surface area contributed by atoms with Gasteiger partial charge in [0.2, 0.25) is 0 Å². The average molecular weight is 290 g/mol. The highest BCUT2D eigenvalue weighted by Crippen LogP contribution is 2.19. The molecule has 0 aliphatic heterocycles. The van der Waals surface area contributed by atoms with E-state index in [1.54, 1.807) is 6.92 Å². The van der Waals surface area contributed by atoms with E-state index in [4.69, 9.17) is 18.0 Å². The largest absolute Gasteiger partial charge is 0.392 e. The van der Waals surface area contributed by atoms with Crippen molar-refractivity contribution in [2.24, 2.45) is 5.73 Å². The van der Waals surface area contributed by atoms with E-state index in [-0.39, 0.29) is 10.0 Å². The van der Waals surface area contributed by atoms with E-state index in [0.717, 1.165) is 0 Å². The molecule has 0 aromatic carbocycles. The molecule has 1 heterocycles. The van der Waals surface area contributed by atoms with Crippen molar-refractivity contribution in [1.29, 1.82) is 0 Å². The molecule has 8 heteroatoms. The third-order valence-electron chi connectivity index (χ3n) is 2.98. The third-order valence-corrected chi connectivity index (χ3v) is 4.81. The molecule has 0 saturated heterocycles. The molecule has 102 valence electrons. The minimum Gasteiger partial charge on any atom is -0.392 e. The number of H-pyrrole nitrogens is 1. The minimum absolute atomic E-state index is 0.0162. The predicted octanol–water partition coefficient (Wildman–Crippen LogP) is 0.841. The number of rotatable bonds is 6. The number of thiocarbonyl (C=S) groups is 1. The number of aryl methyl sites for hydroxylation is 1. The Kier molecular flexibility index (Phi) is 4.46. The van der Waals surface area contributed by atoms with E-state index in [0.29, 0.717) is 18.7 Å². The number of nitrogens with one attached hydrogen (secondary N) is 2. The van der Waals surface area contributed by atoms with Crippen LogP contribution in [0.15, 0.2) is 11.2 Å². The average Bonchev–Trinajstić information content (AvgIpc) is 2.73. The van der Waals surface area contributed by atoms with Crippen LogP contribution in [0.2, 0.25) is 0 Å². The first-order valence-corrected chi connectivity index (χ1v) is 7.52. The number of hydrogen-bond acceptors (Lipinski definition) is 4. The standard InChI is InChI=1S/C10H18N4O2S2/c1-4-10(5-2,9(11)17)14-18(15,16)8-6-12-7(3)13-8/h6,14H,4-5H2,1-3H3,(H2,11,17)(H,12,13). The number of aromatic nitrogens is 2. The lowest BCUT2D eigenvalue weighted by molar-refractivity contribution is 0.464. The molecule has 0 unspecified atom stereocenters. The fourth-order valence-corrected chi connectivity index (χ4v) is 3.54. The van der Waals surface area contributed by atoms with Gasteiger partial charge < -0.3 is 10.7 Å². The highest BCUT2D eigenvalue weighted by atomic mass is 32.2. The maximum absolute atomic E-state index is 12.2. The first-order valence-electron chi connectivity index (χ1n) is 5.63. The van der Waals surface area contributed by atoms with Gasteiger partial charge in [-0.15, -0.1) is 0 Å². The number of hydrogen-bond donors (Lipinski definition) is 3. The van der Waals surface area contributed by atoms with Crippen LogP contribution >= 0.6 is 12.2 Å². The van der Waals surface area contributed by atoms with Crippen LogP contribution in [0.25, 0.3) is 0 Å². The summed E-state index contributed by atoms with van der Waals surface area (Å²) in [5.74, 6) is 0.532. The number of sulfonamides is 1. The van der Waals surface area contributed by atoms with Gasteiger partial charge in [-0.25, -0.2) is 13.4 Å². The van der Waals surface area contributed by atoms with Gasteiger partial charge in [0.05, 0.1) is 16.7 Å². The molecule has 0 bridgehead atoms. The molecule has 0 atom stereocenters. The molecule has 4 N–H and O–H groups in total. The fourth-order valence-electron chi connectivity index (χ4n) is 1.64. The third kappa shape index (κ3) is 2.88. The van der Waals surface area contributed by atoms with Crippen molar-refractivity contribution < 1.29 is 8.42 Å². The summed E-state index contributed by atoms with van der Waals surface area (Å²) in [4.78, 5) is 6.70. The normalized spacial score (nSPS) is 12.6. The number of imidazole rings is 1. The fraction of sp³-hybridized carbons (Fsp3) is 0.600. The molecular weight excluding hydrogens is 272 g/mol. The lowest BCUT2D eigenvalue weighted by Gasteiger charge is -2.30. The Bertz CT molecular complexity index is 532. The van der Waals surface area contributed by atoms with Crippen LogP contribution in [-0.4, -0.2) is 28.9 Å². The van der Waals surface area contributed by atoms with E-state index in [1.165, 1.54) is 6.20 Å². The summed E-state index contributed by atoms with van der Waals surface area (Å²) in [5.41, 5.74) is 4.77. The second-order valence-corrected chi connectivity index (χ2v) is 6.18. The molecule has 0 aliphatic carbocycles. The molecule has 0 aliphatic rings. The summed E-state index contributed by atoms with van der Waals surface area (Å²) in [5, 5.41) is 0.0162. The van der Waals surface area contributed by atoms with Crippen LogP contribution < -0.4 is 10.5 Å². The number of nitrogens with two attached hydrogens (primary N) is 1. The van der Waals surface area contributed by atoms with E-state index in [2.05, 4.69) is 14.7 Å². The molecule has 0 radical (unpaired) electrons. The molecule has 1 aromatic heterocycles. The van der Waals surface area contributed by atoms with Crippen LogP contribution in [0.5, 0.6) is 0 Å². The Labute approximate surface area is 112 Å². The number of nitrogens with zero attached hydrogens (tertiary/aromatic N) is 1. The van der Waals surface area contributed by atoms with Gasteiger partial charge in [-0.2, -0.15) is 4.72 Å². The zero-order chi connectivity index (χ0) is 14.0. The Morgan fingerprint density at radius 3 is 2.44 bits per heavy atom. The van der Waals surface area contributed by atoms with Crippen molar-refractivity contribution >= 4 is 27.2 Å². The lowest BCUT2D eigenvalue weighted by atomic mass is 9.94. The molecule has 1 aromatic rings. The minimum atomic E-state index is -3.70. The monoisotopic (exact) mass is 290 g/mol. The Balaban J connectivity index is 3.11. The predicted molar refractivity (Wildman–Crippen MR) is 73.7 cm³/mol. The van der Waals surface area contributed by atoms with Gasteiger partial charge in [-0.1, -0.05) is 26.1 Å². The Morgan fingerprint density at radius 2 is 2.11 bits per heavy atom. The van der Waals surface area contributed by atoms with Crippen molar-refractivity contribution in [3.63, 3.8) is 0 Å². The smallest absolute Gasteiger partial charge is 0.258 e.